The first-order chi connectivity index (χ1) is 12.9. The van der Waals surface area contributed by atoms with Gasteiger partial charge in [-0.15, -0.1) is 0 Å². The Morgan fingerprint density at radius 2 is 2.26 bits per heavy atom. The molecule has 0 radical (unpaired) electrons. The summed E-state index contributed by atoms with van der Waals surface area (Å²) in [5, 5.41) is 2.36. The van der Waals surface area contributed by atoms with Crippen LogP contribution in [0.5, 0.6) is 0 Å². The number of alkyl halides is 2. The number of carbonyl (C=O) groups is 1. The van der Waals surface area contributed by atoms with Crippen LogP contribution in [-0.2, 0) is 0 Å². The molecular formula is C17H16ClF2N5OS. The van der Waals surface area contributed by atoms with Gasteiger partial charge in [0.15, 0.2) is 5.01 Å². The summed E-state index contributed by atoms with van der Waals surface area (Å²) >= 11 is 7.21. The highest BCUT2D eigenvalue weighted by Crippen LogP contribution is 2.35. The molecule has 0 aromatic carbocycles. The smallest absolute Gasteiger partial charge is 0.280 e. The van der Waals surface area contributed by atoms with Gasteiger partial charge in [0.25, 0.3) is 11.8 Å². The molecule has 3 N–H and O–H groups in total. The highest BCUT2D eigenvalue weighted by Gasteiger charge is 2.46. The van der Waals surface area contributed by atoms with Crippen molar-refractivity contribution >= 4 is 34.5 Å². The Balaban J connectivity index is 1.62. The minimum absolute atomic E-state index is 0.00875. The summed E-state index contributed by atoms with van der Waals surface area (Å²) in [6.45, 7) is 0. The average Bonchev–Trinajstić information content (AvgIpc) is 3.21. The first-order valence-corrected chi connectivity index (χ1v) is 9.59. The van der Waals surface area contributed by atoms with Crippen molar-refractivity contribution in [2.45, 2.75) is 37.3 Å². The van der Waals surface area contributed by atoms with Gasteiger partial charge in [-0.1, -0.05) is 29.0 Å². The monoisotopic (exact) mass is 411 g/mol. The van der Waals surface area contributed by atoms with Gasteiger partial charge in [0.05, 0.1) is 11.9 Å². The molecule has 2 atom stereocenters. The summed E-state index contributed by atoms with van der Waals surface area (Å²) in [4.78, 5) is 21.0. The molecule has 0 spiro atoms. The van der Waals surface area contributed by atoms with Crippen LogP contribution in [0, 0.1) is 0 Å². The van der Waals surface area contributed by atoms with Crippen molar-refractivity contribution in [2.75, 3.05) is 0 Å². The summed E-state index contributed by atoms with van der Waals surface area (Å²) < 4.78 is 30.3. The topological polar surface area (TPSA) is 85.3 Å². The SMILES string of the molecule is NC1CCCC(F)(F)C1NC(=O)c1nc(-c2cnc3ccccn23)c(Cl)s1. The zero-order chi connectivity index (χ0) is 19.2. The Morgan fingerprint density at radius 1 is 1.44 bits per heavy atom. The number of fused-ring (bicyclic) bond motifs is 1. The van der Waals surface area contributed by atoms with E-state index >= 15 is 0 Å². The molecule has 142 valence electrons. The number of amides is 1. The Kier molecular flexibility index (Phi) is 4.61. The lowest BCUT2D eigenvalue weighted by Crippen LogP contribution is -2.59. The van der Waals surface area contributed by atoms with Gasteiger partial charge in [-0.25, -0.2) is 18.7 Å². The molecular weight excluding hydrogens is 396 g/mol. The van der Waals surface area contributed by atoms with Crippen LogP contribution in [0.3, 0.4) is 0 Å². The molecule has 6 nitrogen and oxygen atoms in total. The number of hydrogen-bond donors (Lipinski definition) is 2. The standard InChI is InChI=1S/C17H16ClF2N5OS/c18-14-12(10-8-22-11-5-1-2-7-25(10)11)23-16(27-14)15(26)24-13-9(21)4-3-6-17(13,19)20/h1-2,5,7-9,13H,3-4,6,21H2,(H,24,26). The van der Waals surface area contributed by atoms with Gasteiger partial charge in [-0.05, 0) is 25.0 Å². The first-order valence-electron chi connectivity index (χ1n) is 8.40. The van der Waals surface area contributed by atoms with E-state index in [2.05, 4.69) is 15.3 Å². The van der Waals surface area contributed by atoms with Gasteiger partial charge in [-0.3, -0.25) is 9.20 Å². The van der Waals surface area contributed by atoms with Crippen LogP contribution in [0.4, 0.5) is 8.78 Å². The van der Waals surface area contributed by atoms with Crippen molar-refractivity contribution in [3.05, 3.63) is 39.9 Å². The summed E-state index contributed by atoms with van der Waals surface area (Å²) in [5.41, 5.74) is 7.51. The maximum atomic E-state index is 14.1. The molecule has 3 aromatic heterocycles. The molecule has 4 rings (SSSR count). The molecule has 10 heteroatoms. The van der Waals surface area contributed by atoms with E-state index in [0.29, 0.717) is 29.9 Å². The number of nitrogens with one attached hydrogen (secondary N) is 1. The Morgan fingerprint density at radius 3 is 3.04 bits per heavy atom. The van der Waals surface area contributed by atoms with Crippen molar-refractivity contribution in [2.24, 2.45) is 5.73 Å². The van der Waals surface area contributed by atoms with Crippen LogP contribution in [0.2, 0.25) is 4.34 Å². The van der Waals surface area contributed by atoms with Gasteiger partial charge < -0.3 is 11.1 Å². The number of carbonyl (C=O) groups excluding carboxylic acids is 1. The number of nitrogens with two attached hydrogens (primary N) is 1. The van der Waals surface area contributed by atoms with Crippen LogP contribution in [0.15, 0.2) is 30.6 Å². The molecule has 0 bridgehead atoms. The molecule has 0 aliphatic heterocycles. The molecule has 2 unspecified atom stereocenters. The van der Waals surface area contributed by atoms with Crippen molar-refractivity contribution in [1.29, 1.82) is 0 Å². The molecule has 1 saturated carbocycles. The van der Waals surface area contributed by atoms with E-state index in [9.17, 15) is 13.6 Å². The van der Waals surface area contributed by atoms with Gasteiger partial charge in [0.2, 0.25) is 0 Å². The van der Waals surface area contributed by atoms with Crippen molar-refractivity contribution in [3.8, 4) is 11.4 Å². The normalized spacial score (nSPS) is 22.1. The minimum atomic E-state index is -3.04. The summed E-state index contributed by atoms with van der Waals surface area (Å²) in [6, 6.07) is 3.29. The largest absolute Gasteiger partial charge is 0.340 e. The number of hydrogen-bond acceptors (Lipinski definition) is 5. The summed E-state index contributed by atoms with van der Waals surface area (Å²) in [6.07, 6.45) is 3.88. The predicted octanol–water partition coefficient (Wildman–Crippen LogP) is 3.36. The number of imidazole rings is 1. The van der Waals surface area contributed by atoms with Crippen molar-refractivity contribution in [1.82, 2.24) is 19.7 Å². The maximum absolute atomic E-state index is 14.1. The lowest BCUT2D eigenvalue weighted by atomic mass is 9.87. The highest BCUT2D eigenvalue weighted by atomic mass is 35.5. The number of rotatable bonds is 3. The molecule has 27 heavy (non-hydrogen) atoms. The lowest BCUT2D eigenvalue weighted by molar-refractivity contribution is -0.0674. The second kappa shape index (κ2) is 6.81. The molecule has 1 aliphatic carbocycles. The van der Waals surface area contributed by atoms with Crippen LogP contribution in [-0.4, -0.2) is 38.3 Å². The Bertz CT molecular complexity index is 1000. The minimum Gasteiger partial charge on any atom is -0.340 e. The van der Waals surface area contributed by atoms with E-state index in [0.717, 1.165) is 11.3 Å². The van der Waals surface area contributed by atoms with Crippen LogP contribution < -0.4 is 11.1 Å². The third-order valence-electron chi connectivity index (χ3n) is 4.66. The van der Waals surface area contributed by atoms with Crippen LogP contribution in [0.25, 0.3) is 17.0 Å². The predicted molar refractivity (Wildman–Crippen MR) is 99.3 cm³/mol. The number of pyridine rings is 1. The number of nitrogens with zero attached hydrogens (tertiary/aromatic N) is 3. The van der Waals surface area contributed by atoms with E-state index in [1.807, 2.05) is 18.2 Å². The van der Waals surface area contributed by atoms with Crippen LogP contribution in [0.1, 0.15) is 29.1 Å². The van der Waals surface area contributed by atoms with E-state index < -0.39 is 23.9 Å². The first kappa shape index (κ1) is 18.3. The maximum Gasteiger partial charge on any atom is 0.280 e. The fourth-order valence-corrected chi connectivity index (χ4v) is 4.35. The van der Waals surface area contributed by atoms with E-state index in [4.69, 9.17) is 17.3 Å². The fourth-order valence-electron chi connectivity index (χ4n) is 3.29. The zero-order valence-electron chi connectivity index (χ0n) is 14.0. The van der Waals surface area contributed by atoms with Gasteiger partial charge in [0.1, 0.15) is 21.7 Å². The molecule has 3 heterocycles. The summed E-state index contributed by atoms with van der Waals surface area (Å²) in [5.74, 6) is -3.75. The van der Waals surface area contributed by atoms with E-state index in [1.54, 1.807) is 16.8 Å². The number of thiazole rings is 1. The average molecular weight is 412 g/mol. The molecule has 3 aromatic rings. The van der Waals surface area contributed by atoms with Crippen molar-refractivity contribution in [3.63, 3.8) is 0 Å². The number of halogens is 3. The van der Waals surface area contributed by atoms with Gasteiger partial charge in [0, 0.05) is 18.7 Å². The number of aromatic nitrogens is 3. The third kappa shape index (κ3) is 3.30. The second-order valence-corrected chi connectivity index (χ2v) is 8.08. The Hall–Kier alpha value is -2.10. The van der Waals surface area contributed by atoms with E-state index in [1.165, 1.54) is 0 Å². The van der Waals surface area contributed by atoms with Gasteiger partial charge >= 0.3 is 0 Å². The second-order valence-electron chi connectivity index (χ2n) is 6.48. The molecule has 0 saturated heterocycles. The van der Waals surface area contributed by atoms with Gasteiger partial charge in [-0.2, -0.15) is 0 Å². The highest BCUT2D eigenvalue weighted by molar-refractivity contribution is 7.18. The molecule has 1 aliphatic rings. The third-order valence-corrected chi connectivity index (χ3v) is 5.91. The van der Waals surface area contributed by atoms with Crippen LogP contribution >= 0.6 is 22.9 Å². The quantitative estimate of drug-likeness (QED) is 0.692. The van der Waals surface area contributed by atoms with E-state index in [-0.39, 0.29) is 15.8 Å². The van der Waals surface area contributed by atoms with Crippen molar-refractivity contribution < 1.29 is 13.6 Å². The zero-order valence-corrected chi connectivity index (χ0v) is 15.6. The summed E-state index contributed by atoms with van der Waals surface area (Å²) in [7, 11) is 0. The molecule has 1 fully saturated rings. The fraction of sp³-hybridized carbons (Fsp3) is 0.353. The lowest BCUT2D eigenvalue weighted by Gasteiger charge is -2.36. The molecule has 1 amide bonds. The Labute approximate surface area is 162 Å².